The fourth-order valence-electron chi connectivity index (χ4n) is 8.73. The third kappa shape index (κ3) is 18.4. The Morgan fingerprint density at radius 3 is 2.27 bits per heavy atom. The molecule has 0 atom stereocenters. The first-order valence-electron chi connectivity index (χ1n) is 24.2. The number of phenols is 1. The third-order valence-electron chi connectivity index (χ3n) is 12.7. The van der Waals surface area contributed by atoms with Gasteiger partial charge in [0.25, 0.3) is 11.8 Å². The molecule has 3 amide bonds. The van der Waals surface area contributed by atoms with Crippen LogP contribution < -0.4 is 15.4 Å². The van der Waals surface area contributed by atoms with Crippen molar-refractivity contribution in [3.8, 4) is 11.5 Å². The summed E-state index contributed by atoms with van der Waals surface area (Å²) in [6.07, 6.45) is 0.253. The number of hydrogen-bond donors (Lipinski definition) is 5. The summed E-state index contributed by atoms with van der Waals surface area (Å²) >= 11 is 3.39. The predicted molar refractivity (Wildman–Crippen MR) is 258 cm³/mol. The Morgan fingerprint density at radius 1 is 0.945 bits per heavy atom. The van der Waals surface area contributed by atoms with Gasteiger partial charge in [-0.05, 0) is 80.1 Å². The van der Waals surface area contributed by atoms with Gasteiger partial charge in [0.05, 0.1) is 43.4 Å². The Morgan fingerprint density at radius 2 is 1.63 bits per heavy atom. The van der Waals surface area contributed by atoms with Crippen molar-refractivity contribution in [2.24, 2.45) is 0 Å². The van der Waals surface area contributed by atoms with E-state index in [0.29, 0.717) is 88.4 Å². The average Bonchev–Trinajstić information content (AvgIpc) is 4.04. The Hall–Kier alpha value is -5.08. The zero-order valence-corrected chi connectivity index (χ0v) is 42.4. The van der Waals surface area contributed by atoms with Crippen LogP contribution in [0.2, 0.25) is 0 Å². The fourth-order valence-corrected chi connectivity index (χ4v) is 10.5. The number of aliphatic carboxylic acids is 2. The number of rotatable bonds is 18. The number of likely N-dealkylation sites (tertiary alicyclic amines) is 1. The summed E-state index contributed by atoms with van der Waals surface area (Å²) in [7, 11) is 0. The number of phenolic OH excluding ortho intramolecular Hbond substituents is 1. The molecule has 2 aromatic heterocycles. The molecule has 73 heavy (non-hydrogen) atoms. The van der Waals surface area contributed by atoms with Gasteiger partial charge in [-0.2, -0.15) is 26.3 Å². The topological polar surface area (TPSA) is 220 Å². The molecule has 1 spiro atoms. The summed E-state index contributed by atoms with van der Waals surface area (Å²) in [6.45, 7) is 12.0. The minimum Gasteiger partial charge on any atom is -0.506 e. The Labute approximate surface area is 427 Å². The molecule has 1 aromatic carbocycles. The van der Waals surface area contributed by atoms with Gasteiger partial charge in [0.15, 0.2) is 12.4 Å². The molecule has 2 saturated heterocycles. The number of carboxylic acids is 2. The summed E-state index contributed by atoms with van der Waals surface area (Å²) < 4.78 is 81.5. The third-order valence-corrected chi connectivity index (χ3v) is 14.9. The van der Waals surface area contributed by atoms with Crippen LogP contribution in [-0.4, -0.2) is 167 Å². The number of amides is 3. The molecule has 1 aliphatic carbocycles. The molecule has 5 N–H and O–H groups in total. The molecule has 5 heterocycles. The van der Waals surface area contributed by atoms with Gasteiger partial charge in [-0.1, -0.05) is 39.2 Å². The van der Waals surface area contributed by atoms with Crippen LogP contribution >= 0.6 is 22.7 Å². The number of morpholine rings is 1. The first kappa shape index (κ1) is 58.8. The molecular weight excluding hydrogens is 1010 g/mol. The van der Waals surface area contributed by atoms with Crippen molar-refractivity contribution in [1.29, 1.82) is 0 Å². The van der Waals surface area contributed by atoms with E-state index in [9.17, 15) is 45.8 Å². The number of fused-ring (bicyclic) bond motifs is 1. The van der Waals surface area contributed by atoms with Crippen molar-refractivity contribution in [2.75, 3.05) is 84.1 Å². The molecule has 406 valence electrons. The molecule has 0 radical (unpaired) electrons. The lowest BCUT2D eigenvalue weighted by Crippen LogP contribution is -2.58. The summed E-state index contributed by atoms with van der Waals surface area (Å²) in [5.41, 5.74) is 2.84. The molecule has 3 fully saturated rings. The number of carboxylic acid groups (broad SMARTS) is 2. The second-order valence-electron chi connectivity index (χ2n) is 18.4. The summed E-state index contributed by atoms with van der Waals surface area (Å²) in [5, 5.41) is 35.7. The van der Waals surface area contributed by atoms with E-state index in [2.05, 4.69) is 50.7 Å². The SMILES string of the molecule is CC(C)c1nc(C(=O)N2CCOC3(CCN(CCc4cc(CCOCCC(=O)N(CCNCCc5ccc(O)c6c5OCC(=O)N6)C5CCCCC5)cs4)CC3)C2)cs1.O=C(O)C(F)(F)F.O=C(O)C(F)(F)F. The number of ether oxygens (including phenoxy) is 3. The van der Waals surface area contributed by atoms with Gasteiger partial charge >= 0.3 is 24.3 Å². The Kier molecular flexibility index (Phi) is 22.1. The first-order chi connectivity index (χ1) is 34.5. The molecule has 7 rings (SSSR count). The molecule has 0 unspecified atom stereocenters. The normalized spacial score (nSPS) is 17.1. The van der Waals surface area contributed by atoms with Gasteiger partial charge in [-0.25, -0.2) is 14.6 Å². The Bertz CT molecular complexity index is 2270. The molecule has 3 aliphatic heterocycles. The Balaban J connectivity index is 0.000000619. The molecule has 17 nitrogen and oxygen atoms in total. The van der Waals surface area contributed by atoms with E-state index in [1.165, 1.54) is 16.9 Å². The minimum atomic E-state index is -5.08. The number of nitrogens with one attached hydrogen (secondary N) is 2. The van der Waals surface area contributed by atoms with Crippen molar-refractivity contribution in [3.05, 3.63) is 55.7 Å². The average molecular weight is 1080 g/mol. The molecule has 1 saturated carbocycles. The minimum absolute atomic E-state index is 0.00190. The number of carbonyl (C=O) groups is 5. The highest BCUT2D eigenvalue weighted by atomic mass is 32.1. The first-order valence-corrected chi connectivity index (χ1v) is 25.9. The van der Waals surface area contributed by atoms with Crippen LogP contribution in [-0.2, 0) is 47.9 Å². The number of anilines is 1. The van der Waals surface area contributed by atoms with Crippen molar-refractivity contribution < 1.29 is 79.8 Å². The molecule has 4 aliphatic rings. The van der Waals surface area contributed by atoms with E-state index in [-0.39, 0.29) is 41.7 Å². The smallest absolute Gasteiger partial charge is 0.490 e. The fraction of sp³-hybridized carbons (Fsp3) is 0.625. The maximum Gasteiger partial charge on any atom is 0.490 e. The number of hydrogen-bond acceptors (Lipinski definition) is 14. The standard InChI is InChI=1S/C44H62N6O7S2.2C2HF3O2/c1-31(2)42-46-36(29-59-42)43(54)49-22-25-57-44(30-49)14-19-48(20-15-44)18-11-35-26-32(28-58-35)12-23-55-24-13-39(53)50(34-6-4-3-5-7-34)21-17-45-16-10-33-8-9-37(51)40-41(33)56-27-38(52)47-40;2*3-2(4,5)1(6)7/h8-9,26,28-29,31,34,45,51H,3-7,10-25,27,30H2,1-2H3,(H,47,52);2*(H,6,7). The number of halogens is 6. The lowest BCUT2D eigenvalue weighted by Gasteiger charge is -2.47. The van der Waals surface area contributed by atoms with Gasteiger partial charge in [0.2, 0.25) is 5.91 Å². The molecular formula is C48H64F6N6O11S2. The van der Waals surface area contributed by atoms with Crippen LogP contribution in [0.4, 0.5) is 32.0 Å². The number of aromatic hydroxyl groups is 1. The van der Waals surface area contributed by atoms with Gasteiger partial charge < -0.3 is 54.9 Å². The number of piperidine rings is 1. The zero-order valence-electron chi connectivity index (χ0n) is 40.8. The van der Waals surface area contributed by atoms with Crippen LogP contribution in [0.25, 0.3) is 0 Å². The van der Waals surface area contributed by atoms with E-state index < -0.39 is 24.3 Å². The van der Waals surface area contributed by atoms with Gasteiger partial charge in [-0.15, -0.1) is 22.7 Å². The maximum absolute atomic E-state index is 13.5. The lowest BCUT2D eigenvalue weighted by molar-refractivity contribution is -0.193. The van der Waals surface area contributed by atoms with Crippen molar-refractivity contribution in [2.45, 2.75) is 114 Å². The number of benzene rings is 1. The van der Waals surface area contributed by atoms with Crippen LogP contribution in [0.3, 0.4) is 0 Å². The highest BCUT2D eigenvalue weighted by molar-refractivity contribution is 7.10. The number of nitrogens with zero attached hydrogens (tertiary/aromatic N) is 4. The van der Waals surface area contributed by atoms with Crippen molar-refractivity contribution in [1.82, 2.24) is 25.0 Å². The zero-order chi connectivity index (χ0) is 53.3. The summed E-state index contributed by atoms with van der Waals surface area (Å²) in [6, 6.07) is 6.00. The monoisotopic (exact) mass is 1080 g/mol. The summed E-state index contributed by atoms with van der Waals surface area (Å²) in [5.74, 6) is -4.75. The van der Waals surface area contributed by atoms with Gasteiger partial charge in [0.1, 0.15) is 17.1 Å². The predicted octanol–water partition coefficient (Wildman–Crippen LogP) is 7.12. The van der Waals surface area contributed by atoms with E-state index in [0.717, 1.165) is 81.6 Å². The number of aromatic nitrogens is 1. The van der Waals surface area contributed by atoms with E-state index in [1.807, 2.05) is 27.7 Å². The van der Waals surface area contributed by atoms with Gasteiger partial charge in [-0.3, -0.25) is 14.4 Å². The number of carbonyl (C=O) groups excluding carboxylic acids is 3. The van der Waals surface area contributed by atoms with Crippen molar-refractivity contribution >= 4 is 58.0 Å². The van der Waals surface area contributed by atoms with Crippen LogP contribution in [0, 0.1) is 0 Å². The van der Waals surface area contributed by atoms with Crippen LogP contribution in [0.1, 0.15) is 103 Å². The highest BCUT2D eigenvalue weighted by Crippen LogP contribution is 2.39. The summed E-state index contributed by atoms with van der Waals surface area (Å²) in [4.78, 5) is 68.9. The number of thiophene rings is 1. The molecule has 0 bridgehead atoms. The van der Waals surface area contributed by atoms with Gasteiger partial charge in [0, 0.05) is 61.5 Å². The second-order valence-corrected chi connectivity index (χ2v) is 20.3. The van der Waals surface area contributed by atoms with E-state index in [1.54, 1.807) is 17.4 Å². The van der Waals surface area contributed by atoms with Crippen LogP contribution in [0.5, 0.6) is 11.5 Å². The molecule has 3 aromatic rings. The number of thiazole rings is 1. The van der Waals surface area contributed by atoms with Crippen LogP contribution in [0.15, 0.2) is 29.0 Å². The molecule has 25 heteroatoms. The quantitative estimate of drug-likeness (QED) is 0.0487. The van der Waals surface area contributed by atoms with Crippen molar-refractivity contribution in [3.63, 3.8) is 0 Å². The maximum atomic E-state index is 13.5. The highest BCUT2D eigenvalue weighted by Gasteiger charge is 2.42. The van der Waals surface area contributed by atoms with E-state index in [4.69, 9.17) is 34.0 Å². The lowest BCUT2D eigenvalue weighted by atomic mass is 9.89. The largest absolute Gasteiger partial charge is 0.506 e. The van der Waals surface area contributed by atoms with E-state index >= 15 is 0 Å². The number of alkyl halides is 6. The second kappa shape index (κ2) is 27.5.